The number of alkyl halides is 3. The number of nitrogens with one attached hydrogen (secondary N) is 2. The molecule has 0 bridgehead atoms. The lowest BCUT2D eigenvalue weighted by Gasteiger charge is -2.37. The normalized spacial score (nSPS) is 23.6. The second-order valence-electron chi connectivity index (χ2n) is 11.8. The van der Waals surface area contributed by atoms with Crippen molar-refractivity contribution in [2.45, 2.75) is 78.9 Å². The van der Waals surface area contributed by atoms with Crippen LogP contribution in [0.1, 0.15) is 60.1 Å². The fraction of sp³-hybridized carbons (Fsp3) is 0.654. The first-order chi connectivity index (χ1) is 17.4. The molecular formula is C26H34F3N5O4. The lowest BCUT2D eigenvalue weighted by molar-refractivity contribution is -0.176. The Morgan fingerprint density at radius 2 is 1.84 bits per heavy atom. The number of aromatic nitrogens is 1. The lowest BCUT2D eigenvalue weighted by Crippen LogP contribution is -2.60. The van der Waals surface area contributed by atoms with Crippen LogP contribution in [-0.2, 0) is 14.4 Å². The predicted octanol–water partition coefficient (Wildman–Crippen LogP) is 3.13. The molecule has 0 spiro atoms. The van der Waals surface area contributed by atoms with E-state index in [2.05, 4.69) is 10.3 Å². The summed E-state index contributed by atoms with van der Waals surface area (Å²) in [6.45, 7) is 12.3. The number of pyridine rings is 1. The van der Waals surface area contributed by atoms with Gasteiger partial charge in [-0.05, 0) is 42.6 Å². The maximum absolute atomic E-state index is 13.6. The molecule has 0 aromatic carbocycles. The summed E-state index contributed by atoms with van der Waals surface area (Å²) in [5.41, 5.74) is -1.02. The molecule has 2 N–H and O–H groups in total. The number of nitriles is 1. The number of carbonyl (C=O) groups is 3. The highest BCUT2D eigenvalue weighted by Gasteiger charge is 2.70. The maximum atomic E-state index is 13.6. The summed E-state index contributed by atoms with van der Waals surface area (Å²) >= 11 is 0. The minimum atomic E-state index is -5.17. The number of halogens is 3. The SMILES string of the molecule is CC(C)Oc1ccncc1C(C#N)NC(=O)[C@@H]1[C@@H]2[C@H](CN1C(=O)[C@@H](NC(=O)C(F)(F)F)C(C)(C)C)C2(C)C. The fourth-order valence-electron chi connectivity index (χ4n) is 5.22. The van der Waals surface area contributed by atoms with Crippen LogP contribution in [-0.4, -0.2) is 58.5 Å². The molecule has 2 fully saturated rings. The molecule has 1 aromatic rings. The van der Waals surface area contributed by atoms with Gasteiger partial charge >= 0.3 is 12.1 Å². The van der Waals surface area contributed by atoms with Gasteiger partial charge in [0.2, 0.25) is 11.8 Å². The molecular weight excluding hydrogens is 503 g/mol. The van der Waals surface area contributed by atoms with Crippen LogP contribution in [0, 0.1) is 34.0 Å². The van der Waals surface area contributed by atoms with Gasteiger partial charge in [-0.15, -0.1) is 0 Å². The van der Waals surface area contributed by atoms with Gasteiger partial charge in [0, 0.05) is 24.5 Å². The second-order valence-corrected chi connectivity index (χ2v) is 11.8. The van der Waals surface area contributed by atoms with Crippen LogP contribution in [0.2, 0.25) is 0 Å². The zero-order valence-electron chi connectivity index (χ0n) is 22.5. The van der Waals surface area contributed by atoms with Crippen LogP contribution in [0.3, 0.4) is 0 Å². The van der Waals surface area contributed by atoms with Crippen molar-refractivity contribution in [3.63, 3.8) is 0 Å². The molecule has 12 heteroatoms. The molecule has 38 heavy (non-hydrogen) atoms. The van der Waals surface area contributed by atoms with E-state index in [-0.39, 0.29) is 29.9 Å². The van der Waals surface area contributed by atoms with Gasteiger partial charge in [0.25, 0.3) is 0 Å². The number of rotatable bonds is 7. The first-order valence-electron chi connectivity index (χ1n) is 12.4. The van der Waals surface area contributed by atoms with Gasteiger partial charge in [-0.2, -0.15) is 18.4 Å². The quantitative estimate of drug-likeness (QED) is 0.551. The molecule has 208 valence electrons. The van der Waals surface area contributed by atoms with E-state index in [0.29, 0.717) is 11.3 Å². The van der Waals surface area contributed by atoms with E-state index in [0.717, 1.165) is 0 Å². The third-order valence-electron chi connectivity index (χ3n) is 7.31. The highest BCUT2D eigenvalue weighted by Crippen LogP contribution is 2.65. The first kappa shape index (κ1) is 29.2. The Balaban J connectivity index is 1.90. The summed E-state index contributed by atoms with van der Waals surface area (Å²) in [5, 5.41) is 14.4. The topological polar surface area (TPSA) is 124 Å². The van der Waals surface area contributed by atoms with Crippen molar-refractivity contribution in [1.82, 2.24) is 20.5 Å². The first-order valence-corrected chi connectivity index (χ1v) is 12.4. The summed E-state index contributed by atoms with van der Waals surface area (Å²) in [7, 11) is 0. The van der Waals surface area contributed by atoms with Crippen molar-refractivity contribution in [1.29, 1.82) is 5.26 Å². The van der Waals surface area contributed by atoms with Crippen LogP contribution < -0.4 is 15.4 Å². The van der Waals surface area contributed by atoms with Crippen molar-refractivity contribution in [3.8, 4) is 11.8 Å². The van der Waals surface area contributed by atoms with Gasteiger partial charge < -0.3 is 20.3 Å². The van der Waals surface area contributed by atoms with E-state index in [9.17, 15) is 32.8 Å². The molecule has 5 atom stereocenters. The van der Waals surface area contributed by atoms with Gasteiger partial charge in [-0.3, -0.25) is 19.4 Å². The number of nitrogens with zero attached hydrogens (tertiary/aromatic N) is 3. The minimum absolute atomic E-state index is 0.0556. The third kappa shape index (κ3) is 5.71. The monoisotopic (exact) mass is 537 g/mol. The van der Waals surface area contributed by atoms with Crippen LogP contribution in [0.15, 0.2) is 18.5 Å². The van der Waals surface area contributed by atoms with E-state index in [1.807, 2.05) is 39.1 Å². The molecule has 2 aliphatic rings. The highest BCUT2D eigenvalue weighted by atomic mass is 19.4. The maximum Gasteiger partial charge on any atom is 0.471 e. The average Bonchev–Trinajstić information content (AvgIpc) is 3.13. The van der Waals surface area contributed by atoms with Crippen molar-refractivity contribution in [2.75, 3.05) is 6.54 Å². The zero-order chi connectivity index (χ0) is 28.8. The number of likely N-dealkylation sites (tertiary alicyclic amines) is 1. The predicted molar refractivity (Wildman–Crippen MR) is 130 cm³/mol. The molecule has 0 radical (unpaired) electrons. The second kappa shape index (κ2) is 10.1. The van der Waals surface area contributed by atoms with Gasteiger partial charge in [-0.25, -0.2) is 0 Å². The third-order valence-corrected chi connectivity index (χ3v) is 7.31. The van der Waals surface area contributed by atoms with E-state index in [1.54, 1.807) is 6.07 Å². The van der Waals surface area contributed by atoms with Crippen LogP contribution in [0.25, 0.3) is 0 Å². The van der Waals surface area contributed by atoms with Gasteiger partial charge in [0.1, 0.15) is 23.9 Å². The zero-order valence-corrected chi connectivity index (χ0v) is 22.5. The summed E-state index contributed by atoms with van der Waals surface area (Å²) in [6.07, 6.45) is -2.47. The Hall–Kier alpha value is -3.36. The number of hydrogen-bond acceptors (Lipinski definition) is 6. The molecule has 1 unspecified atom stereocenters. The van der Waals surface area contributed by atoms with Gasteiger partial charge in [-0.1, -0.05) is 34.6 Å². The van der Waals surface area contributed by atoms with E-state index < -0.39 is 47.4 Å². The Morgan fingerprint density at radius 1 is 1.21 bits per heavy atom. The number of hydrogen-bond donors (Lipinski definition) is 2. The molecule has 2 heterocycles. The number of amides is 3. The van der Waals surface area contributed by atoms with E-state index >= 15 is 0 Å². The van der Waals surface area contributed by atoms with Gasteiger partial charge in [0.15, 0.2) is 0 Å². The molecule has 1 aliphatic heterocycles. The Labute approximate surface area is 220 Å². The summed E-state index contributed by atoms with van der Waals surface area (Å²) < 4.78 is 44.8. The average molecular weight is 538 g/mol. The molecule has 1 saturated heterocycles. The van der Waals surface area contributed by atoms with Crippen LogP contribution in [0.5, 0.6) is 5.75 Å². The number of piperidine rings is 1. The number of carbonyl (C=O) groups excluding carboxylic acids is 3. The molecule has 3 amide bonds. The minimum Gasteiger partial charge on any atom is -0.490 e. The molecule has 9 nitrogen and oxygen atoms in total. The summed E-state index contributed by atoms with van der Waals surface area (Å²) in [6, 6.07) is -0.0921. The Bertz CT molecular complexity index is 1140. The Morgan fingerprint density at radius 3 is 2.37 bits per heavy atom. The Kier molecular flexibility index (Phi) is 7.74. The van der Waals surface area contributed by atoms with Crippen molar-refractivity contribution < 1.29 is 32.3 Å². The number of fused-ring (bicyclic) bond motifs is 1. The van der Waals surface area contributed by atoms with Crippen LogP contribution in [0.4, 0.5) is 13.2 Å². The number of ether oxygens (including phenoxy) is 1. The molecule has 3 rings (SSSR count). The summed E-state index contributed by atoms with van der Waals surface area (Å²) in [5.74, 6) is -3.57. The molecule has 1 saturated carbocycles. The van der Waals surface area contributed by atoms with Crippen LogP contribution >= 0.6 is 0 Å². The summed E-state index contributed by atoms with van der Waals surface area (Å²) in [4.78, 5) is 44.3. The standard InChI is InChI=1S/C26H34F3N5O4/c1-13(2)38-17-8-9-31-11-14(17)16(10-30)32-21(35)19-18-15(25(18,6)7)12-34(19)22(36)20(24(3,4)5)33-23(37)26(27,28)29/h8-9,11,13,15-16,18-20H,12H2,1-7H3,(H,32,35)(H,33,37)/t15-,16?,18-,19-,20+/m0/s1. The van der Waals surface area contributed by atoms with E-state index in [1.165, 1.54) is 38.1 Å². The fourth-order valence-corrected chi connectivity index (χ4v) is 5.22. The largest absolute Gasteiger partial charge is 0.490 e. The lowest BCUT2D eigenvalue weighted by atomic mass is 9.85. The van der Waals surface area contributed by atoms with Gasteiger partial charge in [0.05, 0.1) is 12.2 Å². The van der Waals surface area contributed by atoms with E-state index in [4.69, 9.17) is 4.74 Å². The smallest absolute Gasteiger partial charge is 0.471 e. The van der Waals surface area contributed by atoms with Crippen molar-refractivity contribution >= 4 is 17.7 Å². The molecule has 1 aliphatic carbocycles. The van der Waals surface area contributed by atoms with Crippen molar-refractivity contribution in [3.05, 3.63) is 24.0 Å². The molecule has 1 aromatic heterocycles. The highest BCUT2D eigenvalue weighted by molar-refractivity contribution is 5.95. The van der Waals surface area contributed by atoms with Crippen molar-refractivity contribution in [2.24, 2.45) is 22.7 Å².